The molecule has 0 unspecified atom stereocenters. The number of hydrogen-bond acceptors (Lipinski definition) is 7. The SMILES string of the molecule is O=[N+]([O-])c1ccc(Oc2ccc(-c3nnco3)cc2)c2ccncc12. The summed E-state index contributed by atoms with van der Waals surface area (Å²) in [6.45, 7) is 0. The number of nitro benzene ring substituents is 1. The van der Waals surface area contributed by atoms with E-state index in [1.165, 1.54) is 18.7 Å². The van der Waals surface area contributed by atoms with Crippen molar-refractivity contribution >= 4 is 16.5 Å². The van der Waals surface area contributed by atoms with Crippen LogP contribution in [-0.2, 0) is 0 Å². The number of pyridine rings is 1. The van der Waals surface area contributed by atoms with Gasteiger partial charge in [-0.05, 0) is 36.4 Å². The third kappa shape index (κ3) is 2.76. The molecule has 2 aromatic heterocycles. The number of nitro groups is 1. The average molecular weight is 334 g/mol. The molecule has 25 heavy (non-hydrogen) atoms. The van der Waals surface area contributed by atoms with E-state index in [9.17, 15) is 10.1 Å². The summed E-state index contributed by atoms with van der Waals surface area (Å²) in [7, 11) is 0. The summed E-state index contributed by atoms with van der Waals surface area (Å²) in [5.41, 5.74) is 0.754. The summed E-state index contributed by atoms with van der Waals surface area (Å²) in [6, 6.07) is 11.8. The largest absolute Gasteiger partial charge is 0.457 e. The van der Waals surface area contributed by atoms with Gasteiger partial charge in [-0.25, -0.2) is 0 Å². The van der Waals surface area contributed by atoms with E-state index in [1.807, 2.05) is 0 Å². The Morgan fingerprint density at radius 2 is 1.88 bits per heavy atom. The molecular weight excluding hydrogens is 324 g/mol. The summed E-state index contributed by atoms with van der Waals surface area (Å²) in [4.78, 5) is 14.7. The van der Waals surface area contributed by atoms with E-state index in [4.69, 9.17) is 9.15 Å². The number of rotatable bonds is 4. The minimum Gasteiger partial charge on any atom is -0.457 e. The molecule has 0 saturated heterocycles. The van der Waals surface area contributed by atoms with Gasteiger partial charge < -0.3 is 9.15 Å². The molecule has 0 aliphatic carbocycles. The molecule has 122 valence electrons. The second kappa shape index (κ2) is 6.00. The molecule has 4 rings (SSSR count). The molecule has 0 aliphatic heterocycles. The van der Waals surface area contributed by atoms with Crippen LogP contribution in [-0.4, -0.2) is 20.1 Å². The Kier molecular flexibility index (Phi) is 3.55. The van der Waals surface area contributed by atoms with Crippen LogP contribution in [0.1, 0.15) is 0 Å². The second-order valence-corrected chi connectivity index (χ2v) is 5.13. The van der Waals surface area contributed by atoms with Gasteiger partial charge >= 0.3 is 0 Å². The lowest BCUT2D eigenvalue weighted by Crippen LogP contribution is -1.92. The monoisotopic (exact) mass is 334 g/mol. The van der Waals surface area contributed by atoms with Crippen LogP contribution in [0.15, 0.2) is 65.7 Å². The smallest absolute Gasteiger partial charge is 0.279 e. The van der Waals surface area contributed by atoms with E-state index in [-0.39, 0.29) is 5.69 Å². The molecule has 0 atom stereocenters. The van der Waals surface area contributed by atoms with Crippen molar-refractivity contribution in [2.75, 3.05) is 0 Å². The summed E-state index contributed by atoms with van der Waals surface area (Å²) in [5.74, 6) is 1.50. The lowest BCUT2D eigenvalue weighted by atomic mass is 10.1. The first-order valence-corrected chi connectivity index (χ1v) is 7.28. The van der Waals surface area contributed by atoms with Gasteiger partial charge in [0.15, 0.2) is 0 Å². The lowest BCUT2D eigenvalue weighted by Gasteiger charge is -2.09. The number of fused-ring (bicyclic) bond motifs is 1. The fourth-order valence-corrected chi connectivity index (χ4v) is 2.49. The van der Waals surface area contributed by atoms with E-state index >= 15 is 0 Å². The molecule has 0 aliphatic rings. The highest BCUT2D eigenvalue weighted by molar-refractivity contribution is 5.94. The zero-order valence-corrected chi connectivity index (χ0v) is 12.7. The van der Waals surface area contributed by atoms with E-state index in [0.29, 0.717) is 28.2 Å². The minimum absolute atomic E-state index is 0.0119. The molecule has 0 amide bonds. The van der Waals surface area contributed by atoms with E-state index in [1.54, 1.807) is 42.6 Å². The van der Waals surface area contributed by atoms with Gasteiger partial charge in [-0.2, -0.15) is 0 Å². The number of non-ortho nitro benzene ring substituents is 1. The number of benzene rings is 2. The van der Waals surface area contributed by atoms with Crippen LogP contribution in [0.2, 0.25) is 0 Å². The van der Waals surface area contributed by atoms with Crippen LogP contribution >= 0.6 is 0 Å². The molecule has 2 aromatic carbocycles. The van der Waals surface area contributed by atoms with Crippen LogP contribution in [0, 0.1) is 10.1 Å². The minimum atomic E-state index is -0.438. The predicted octanol–water partition coefficient (Wildman–Crippen LogP) is 3.99. The highest BCUT2D eigenvalue weighted by Gasteiger charge is 2.15. The fourth-order valence-electron chi connectivity index (χ4n) is 2.49. The Hall–Kier alpha value is -3.81. The summed E-state index contributed by atoms with van der Waals surface area (Å²) < 4.78 is 11.0. The van der Waals surface area contributed by atoms with Crippen molar-refractivity contribution in [2.45, 2.75) is 0 Å². The third-order valence-electron chi connectivity index (χ3n) is 3.64. The Bertz CT molecular complexity index is 1050. The fraction of sp³-hybridized carbons (Fsp3) is 0. The predicted molar refractivity (Wildman–Crippen MR) is 88.2 cm³/mol. The molecule has 0 saturated carbocycles. The molecule has 8 heteroatoms. The van der Waals surface area contributed by atoms with Crippen LogP contribution in [0.3, 0.4) is 0 Å². The van der Waals surface area contributed by atoms with Gasteiger partial charge in [0.1, 0.15) is 11.5 Å². The zero-order chi connectivity index (χ0) is 17.2. The molecule has 0 radical (unpaired) electrons. The zero-order valence-electron chi connectivity index (χ0n) is 12.7. The van der Waals surface area contributed by atoms with E-state index in [2.05, 4.69) is 15.2 Å². The second-order valence-electron chi connectivity index (χ2n) is 5.13. The molecular formula is C17H10N4O4. The molecule has 8 nitrogen and oxygen atoms in total. The molecule has 4 aromatic rings. The number of hydrogen-bond donors (Lipinski definition) is 0. The van der Waals surface area contributed by atoms with Crippen molar-refractivity contribution in [2.24, 2.45) is 0 Å². The third-order valence-corrected chi connectivity index (χ3v) is 3.64. The van der Waals surface area contributed by atoms with Gasteiger partial charge in [-0.3, -0.25) is 15.1 Å². The first kappa shape index (κ1) is 14.8. The number of nitrogens with zero attached hydrogens (tertiary/aromatic N) is 4. The summed E-state index contributed by atoms with van der Waals surface area (Å²) in [5, 5.41) is 19.7. The van der Waals surface area contributed by atoms with Crippen molar-refractivity contribution in [3.8, 4) is 23.0 Å². The first-order valence-electron chi connectivity index (χ1n) is 7.28. The number of aromatic nitrogens is 3. The Morgan fingerprint density at radius 1 is 1.04 bits per heavy atom. The van der Waals surface area contributed by atoms with Gasteiger partial charge in [0.2, 0.25) is 12.3 Å². The number of ether oxygens (including phenoxy) is 1. The van der Waals surface area contributed by atoms with Gasteiger partial charge in [-0.1, -0.05) is 0 Å². The van der Waals surface area contributed by atoms with Crippen LogP contribution in [0.5, 0.6) is 11.5 Å². The van der Waals surface area contributed by atoms with Crippen molar-refractivity contribution in [1.82, 2.24) is 15.2 Å². The molecule has 2 heterocycles. The maximum Gasteiger partial charge on any atom is 0.279 e. The maximum absolute atomic E-state index is 11.2. The Morgan fingerprint density at radius 3 is 2.60 bits per heavy atom. The van der Waals surface area contributed by atoms with Crippen molar-refractivity contribution < 1.29 is 14.1 Å². The molecule has 0 N–H and O–H groups in total. The Labute approximate surface area is 140 Å². The first-order chi connectivity index (χ1) is 12.2. The summed E-state index contributed by atoms with van der Waals surface area (Å²) in [6.07, 6.45) is 4.29. The van der Waals surface area contributed by atoms with Crippen molar-refractivity contribution in [3.63, 3.8) is 0 Å². The Balaban J connectivity index is 1.69. The van der Waals surface area contributed by atoms with Gasteiger partial charge in [0.25, 0.3) is 5.69 Å². The average Bonchev–Trinajstić information content (AvgIpc) is 3.17. The topological polar surface area (TPSA) is 104 Å². The van der Waals surface area contributed by atoms with Crippen LogP contribution in [0.25, 0.3) is 22.2 Å². The van der Waals surface area contributed by atoms with E-state index in [0.717, 1.165) is 5.56 Å². The highest BCUT2D eigenvalue weighted by atomic mass is 16.6. The van der Waals surface area contributed by atoms with Gasteiger partial charge in [0, 0.05) is 29.4 Å². The van der Waals surface area contributed by atoms with Crippen molar-refractivity contribution in [3.05, 3.63) is 71.4 Å². The van der Waals surface area contributed by atoms with Crippen molar-refractivity contribution in [1.29, 1.82) is 0 Å². The summed E-state index contributed by atoms with van der Waals surface area (Å²) >= 11 is 0. The van der Waals surface area contributed by atoms with Crippen LogP contribution < -0.4 is 4.74 Å². The maximum atomic E-state index is 11.2. The van der Waals surface area contributed by atoms with Gasteiger partial charge in [-0.15, -0.1) is 10.2 Å². The normalized spacial score (nSPS) is 10.7. The molecule has 0 fully saturated rings. The molecule has 0 bridgehead atoms. The highest BCUT2D eigenvalue weighted by Crippen LogP contribution is 2.35. The van der Waals surface area contributed by atoms with E-state index < -0.39 is 4.92 Å². The van der Waals surface area contributed by atoms with Gasteiger partial charge in [0.05, 0.1) is 10.3 Å². The quantitative estimate of drug-likeness (QED) is 0.410. The standard InChI is InChI=1S/C17H10N4O4/c22-21(23)15-5-6-16(13-7-8-18-9-14(13)15)25-12-3-1-11(2-4-12)17-20-19-10-24-17/h1-10H. The lowest BCUT2D eigenvalue weighted by molar-refractivity contribution is -0.383. The molecule has 0 spiro atoms. The van der Waals surface area contributed by atoms with Crippen LogP contribution in [0.4, 0.5) is 5.69 Å².